The van der Waals surface area contributed by atoms with E-state index in [1.165, 1.54) is 28.7 Å². The molecule has 2 N–H and O–H groups in total. The van der Waals surface area contributed by atoms with E-state index in [0.29, 0.717) is 16.8 Å². The molecule has 0 atom stereocenters. The van der Waals surface area contributed by atoms with Crippen LogP contribution in [0, 0.1) is 0 Å². The summed E-state index contributed by atoms with van der Waals surface area (Å²) in [5.74, 6) is 0.785. The molecule has 0 radical (unpaired) electrons. The summed E-state index contributed by atoms with van der Waals surface area (Å²) in [7, 11) is 0. The molecular formula is C17H21N3O2S. The molecule has 1 aromatic carbocycles. The van der Waals surface area contributed by atoms with Gasteiger partial charge in [0.05, 0.1) is 0 Å². The van der Waals surface area contributed by atoms with Gasteiger partial charge in [0, 0.05) is 24.5 Å². The topological polar surface area (TPSA) is 65.5 Å². The van der Waals surface area contributed by atoms with E-state index in [4.69, 9.17) is 0 Å². The number of anilines is 1. The van der Waals surface area contributed by atoms with E-state index in [2.05, 4.69) is 21.3 Å². The van der Waals surface area contributed by atoms with Gasteiger partial charge in [-0.15, -0.1) is 11.3 Å². The van der Waals surface area contributed by atoms with Crippen LogP contribution in [-0.4, -0.2) is 34.0 Å². The summed E-state index contributed by atoms with van der Waals surface area (Å²) < 4.78 is 0. The quantitative estimate of drug-likeness (QED) is 0.903. The second-order valence-electron chi connectivity index (χ2n) is 5.96. The fraction of sp³-hybridized carbons (Fsp3) is 0.412. The Morgan fingerprint density at radius 2 is 2.22 bits per heavy atom. The predicted octanol–water partition coefficient (Wildman–Crippen LogP) is 3.19. The largest absolute Gasteiger partial charge is 0.508 e. The Hall–Kier alpha value is -1.92. The van der Waals surface area contributed by atoms with Gasteiger partial charge in [0.2, 0.25) is 5.91 Å². The second kappa shape index (κ2) is 7.10. The van der Waals surface area contributed by atoms with Gasteiger partial charge in [0.15, 0.2) is 5.13 Å². The maximum Gasteiger partial charge on any atom is 0.223 e. The third-order valence-corrected chi connectivity index (χ3v) is 5.04. The number of phenols is 1. The molecule has 0 unspecified atom stereocenters. The van der Waals surface area contributed by atoms with Gasteiger partial charge in [-0.3, -0.25) is 9.69 Å². The van der Waals surface area contributed by atoms with Crippen molar-refractivity contribution in [3.63, 3.8) is 0 Å². The third kappa shape index (κ3) is 4.30. The highest BCUT2D eigenvalue weighted by atomic mass is 32.1. The van der Waals surface area contributed by atoms with Crippen molar-refractivity contribution in [1.82, 2.24) is 9.88 Å². The van der Waals surface area contributed by atoms with Crippen molar-refractivity contribution in [3.8, 4) is 5.75 Å². The zero-order valence-corrected chi connectivity index (χ0v) is 14.0. The number of carbonyl (C=O) groups excluding carboxylic acids is 1. The smallest absolute Gasteiger partial charge is 0.223 e. The summed E-state index contributed by atoms with van der Waals surface area (Å²) in [5, 5.41) is 13.0. The lowest BCUT2D eigenvalue weighted by Gasteiger charge is -2.31. The highest BCUT2D eigenvalue weighted by molar-refractivity contribution is 7.15. The number of nitrogens with zero attached hydrogens (tertiary/aromatic N) is 2. The average Bonchev–Trinajstić information content (AvgIpc) is 2.94. The number of likely N-dealkylation sites (tertiary alicyclic amines) is 1. The first-order chi connectivity index (χ1) is 11.1. The molecule has 6 heteroatoms. The van der Waals surface area contributed by atoms with E-state index in [-0.39, 0.29) is 5.91 Å². The number of rotatable bonds is 4. The maximum absolute atomic E-state index is 11.0. The number of nitrogens with one attached hydrogen (secondary N) is 1. The number of hydrogen-bond donors (Lipinski definition) is 2. The standard InChI is InChI=1S/C17H21N3O2S/c1-12(21)19-17-18-10-16(23-17)11-20-7-5-13(6-8-20)14-3-2-4-15(22)9-14/h2-4,9-10,13,22H,5-8,11H2,1H3,(H,18,19,21). The minimum absolute atomic E-state index is 0.0853. The van der Waals surface area contributed by atoms with Gasteiger partial charge in [-0.05, 0) is 49.5 Å². The molecule has 2 heterocycles. The van der Waals surface area contributed by atoms with Crippen LogP contribution in [0.5, 0.6) is 5.75 Å². The highest BCUT2D eigenvalue weighted by Crippen LogP contribution is 2.31. The van der Waals surface area contributed by atoms with Gasteiger partial charge in [-0.25, -0.2) is 4.98 Å². The van der Waals surface area contributed by atoms with E-state index >= 15 is 0 Å². The predicted molar refractivity (Wildman–Crippen MR) is 91.8 cm³/mol. The van der Waals surface area contributed by atoms with Crippen LogP contribution >= 0.6 is 11.3 Å². The number of thiazole rings is 1. The first-order valence-corrected chi connectivity index (χ1v) is 8.65. The fourth-order valence-electron chi connectivity index (χ4n) is 3.01. The van der Waals surface area contributed by atoms with Crippen molar-refractivity contribution < 1.29 is 9.90 Å². The van der Waals surface area contributed by atoms with Gasteiger partial charge < -0.3 is 10.4 Å². The summed E-state index contributed by atoms with van der Waals surface area (Å²) in [5.41, 5.74) is 1.23. The average molecular weight is 331 g/mol. The zero-order valence-electron chi connectivity index (χ0n) is 13.2. The number of aromatic nitrogens is 1. The Bertz CT molecular complexity index is 678. The van der Waals surface area contributed by atoms with Gasteiger partial charge in [-0.1, -0.05) is 12.1 Å². The van der Waals surface area contributed by atoms with Crippen LogP contribution in [0.1, 0.15) is 36.1 Å². The van der Waals surface area contributed by atoms with Crippen molar-refractivity contribution in [3.05, 3.63) is 40.9 Å². The van der Waals surface area contributed by atoms with Crippen molar-refractivity contribution in [2.24, 2.45) is 0 Å². The monoisotopic (exact) mass is 331 g/mol. The van der Waals surface area contributed by atoms with Gasteiger partial charge >= 0.3 is 0 Å². The summed E-state index contributed by atoms with van der Waals surface area (Å²) in [6, 6.07) is 7.61. The minimum Gasteiger partial charge on any atom is -0.508 e. The van der Waals surface area contributed by atoms with Crippen LogP contribution in [-0.2, 0) is 11.3 Å². The highest BCUT2D eigenvalue weighted by Gasteiger charge is 2.21. The molecule has 23 heavy (non-hydrogen) atoms. The number of aromatic hydroxyl groups is 1. The molecule has 1 fully saturated rings. The minimum atomic E-state index is -0.0853. The molecule has 1 aromatic heterocycles. The Kier molecular flexibility index (Phi) is 4.93. The normalized spacial score (nSPS) is 16.4. The molecule has 1 amide bonds. The van der Waals surface area contributed by atoms with Crippen molar-refractivity contribution in [2.45, 2.75) is 32.2 Å². The third-order valence-electron chi connectivity index (χ3n) is 4.15. The Labute approximate surface area is 140 Å². The Morgan fingerprint density at radius 3 is 2.91 bits per heavy atom. The van der Waals surface area contributed by atoms with E-state index in [0.717, 1.165) is 32.5 Å². The molecule has 122 valence electrons. The van der Waals surface area contributed by atoms with Crippen LogP contribution < -0.4 is 5.32 Å². The van der Waals surface area contributed by atoms with Crippen LogP contribution in [0.15, 0.2) is 30.5 Å². The Balaban J connectivity index is 1.53. The molecule has 1 aliphatic heterocycles. The van der Waals surface area contributed by atoms with Crippen molar-refractivity contribution in [2.75, 3.05) is 18.4 Å². The molecule has 0 saturated carbocycles. The van der Waals surface area contributed by atoms with Gasteiger partial charge in [-0.2, -0.15) is 0 Å². The fourth-order valence-corrected chi connectivity index (χ4v) is 3.91. The maximum atomic E-state index is 11.0. The lowest BCUT2D eigenvalue weighted by atomic mass is 9.89. The first kappa shape index (κ1) is 16.0. The molecule has 2 aromatic rings. The van der Waals surface area contributed by atoms with Crippen molar-refractivity contribution in [1.29, 1.82) is 0 Å². The Morgan fingerprint density at radius 1 is 1.43 bits per heavy atom. The molecule has 0 aliphatic carbocycles. The number of piperidine rings is 1. The molecule has 1 saturated heterocycles. The van der Waals surface area contributed by atoms with Gasteiger partial charge in [0.1, 0.15) is 5.75 Å². The first-order valence-electron chi connectivity index (χ1n) is 7.84. The molecule has 3 rings (SSSR count). The molecule has 1 aliphatic rings. The summed E-state index contributed by atoms with van der Waals surface area (Å²) >= 11 is 1.54. The summed E-state index contributed by atoms with van der Waals surface area (Å²) in [6.07, 6.45) is 4.04. The van der Waals surface area contributed by atoms with Crippen LogP contribution in [0.2, 0.25) is 0 Å². The van der Waals surface area contributed by atoms with Crippen LogP contribution in [0.3, 0.4) is 0 Å². The van der Waals surface area contributed by atoms with Crippen LogP contribution in [0.4, 0.5) is 5.13 Å². The number of hydrogen-bond acceptors (Lipinski definition) is 5. The number of benzene rings is 1. The summed E-state index contributed by atoms with van der Waals surface area (Å²) in [6.45, 7) is 4.44. The van der Waals surface area contributed by atoms with E-state index in [9.17, 15) is 9.90 Å². The van der Waals surface area contributed by atoms with Crippen molar-refractivity contribution >= 4 is 22.4 Å². The number of amides is 1. The zero-order chi connectivity index (χ0) is 16.2. The lowest BCUT2D eigenvalue weighted by Crippen LogP contribution is -2.32. The number of carbonyl (C=O) groups is 1. The molecule has 0 spiro atoms. The molecular weight excluding hydrogens is 310 g/mol. The SMILES string of the molecule is CC(=O)Nc1ncc(CN2CCC(c3cccc(O)c3)CC2)s1. The van der Waals surface area contributed by atoms with Crippen LogP contribution in [0.25, 0.3) is 0 Å². The molecule has 0 bridgehead atoms. The molecule has 5 nitrogen and oxygen atoms in total. The van der Waals surface area contributed by atoms with E-state index in [1.54, 1.807) is 6.07 Å². The lowest BCUT2D eigenvalue weighted by molar-refractivity contribution is -0.114. The van der Waals surface area contributed by atoms with E-state index in [1.807, 2.05) is 18.3 Å². The second-order valence-corrected chi connectivity index (χ2v) is 7.07. The van der Waals surface area contributed by atoms with E-state index < -0.39 is 0 Å². The number of phenolic OH excluding ortho intramolecular Hbond substituents is 1. The van der Waals surface area contributed by atoms with Gasteiger partial charge in [0.25, 0.3) is 0 Å². The summed E-state index contributed by atoms with van der Waals surface area (Å²) in [4.78, 5) is 18.9.